The molecule has 0 saturated carbocycles. The van der Waals surface area contributed by atoms with Crippen molar-refractivity contribution in [3.8, 4) is 0 Å². The van der Waals surface area contributed by atoms with Gasteiger partial charge in [0.15, 0.2) is 5.96 Å². The Labute approximate surface area is 138 Å². The zero-order valence-corrected chi connectivity index (χ0v) is 14.1. The summed E-state index contributed by atoms with van der Waals surface area (Å²) in [4.78, 5) is 16.2. The van der Waals surface area contributed by atoms with Crippen molar-refractivity contribution in [2.24, 2.45) is 4.99 Å². The molecule has 0 heterocycles. The van der Waals surface area contributed by atoms with Crippen LogP contribution in [0.3, 0.4) is 0 Å². The summed E-state index contributed by atoms with van der Waals surface area (Å²) in [5, 5.41) is 9.16. The van der Waals surface area contributed by atoms with Crippen LogP contribution in [0.1, 0.15) is 26.7 Å². The number of ether oxygens (including phenoxy) is 1. The number of hydrogen-bond acceptors (Lipinski definition) is 3. The lowest BCUT2D eigenvalue weighted by molar-refractivity contribution is -0.114. The Bertz CT molecular complexity index is 463. The van der Waals surface area contributed by atoms with Crippen LogP contribution >= 0.6 is 0 Å². The lowest BCUT2D eigenvalue weighted by Crippen LogP contribution is -2.38. The number of rotatable bonds is 10. The maximum absolute atomic E-state index is 11.9. The number of carbonyl (C=O) groups excluding carboxylic acids is 1. The lowest BCUT2D eigenvalue weighted by atomic mass is 10.3. The molecule has 0 aliphatic heterocycles. The van der Waals surface area contributed by atoms with Crippen molar-refractivity contribution in [3.05, 3.63) is 30.3 Å². The van der Waals surface area contributed by atoms with Gasteiger partial charge in [0, 0.05) is 32.0 Å². The molecule has 0 aromatic heterocycles. The Hall–Kier alpha value is -2.08. The van der Waals surface area contributed by atoms with Gasteiger partial charge in [-0.1, -0.05) is 18.2 Å². The predicted molar refractivity (Wildman–Crippen MR) is 94.8 cm³/mol. The Morgan fingerprint density at radius 1 is 1.13 bits per heavy atom. The van der Waals surface area contributed by atoms with E-state index in [0.29, 0.717) is 5.96 Å². The van der Waals surface area contributed by atoms with Gasteiger partial charge < -0.3 is 20.7 Å². The number of aliphatic imine (C=N–C) groups is 1. The van der Waals surface area contributed by atoms with E-state index in [-0.39, 0.29) is 12.5 Å². The van der Waals surface area contributed by atoms with E-state index in [1.165, 1.54) is 0 Å². The van der Waals surface area contributed by atoms with E-state index in [1.54, 1.807) is 0 Å². The molecule has 23 heavy (non-hydrogen) atoms. The van der Waals surface area contributed by atoms with Crippen LogP contribution in [-0.2, 0) is 9.53 Å². The van der Waals surface area contributed by atoms with Crippen LogP contribution in [0.15, 0.2) is 35.3 Å². The molecule has 0 fully saturated rings. The molecule has 0 bridgehead atoms. The average molecular weight is 320 g/mol. The van der Waals surface area contributed by atoms with E-state index < -0.39 is 0 Å². The van der Waals surface area contributed by atoms with Crippen molar-refractivity contribution in [3.63, 3.8) is 0 Å². The van der Waals surface area contributed by atoms with Gasteiger partial charge in [-0.15, -0.1) is 0 Å². The number of unbranched alkanes of at least 4 members (excludes halogenated alkanes) is 1. The molecule has 3 N–H and O–H groups in total. The smallest absolute Gasteiger partial charge is 0.246 e. The standard InChI is InChI=1S/C17H28N4O2/c1-3-18-17(19-12-8-9-13-23-4-2)20-14-16(22)21-15-10-6-5-7-11-15/h5-7,10-11H,3-4,8-9,12-14H2,1-2H3,(H,21,22)(H2,18,19,20). The van der Waals surface area contributed by atoms with Crippen LogP contribution in [-0.4, -0.2) is 44.7 Å². The second-order valence-corrected chi connectivity index (χ2v) is 4.94. The fourth-order valence-corrected chi connectivity index (χ4v) is 1.89. The number of nitrogens with one attached hydrogen (secondary N) is 3. The SMILES string of the molecule is CCNC(=NCC(=O)Nc1ccccc1)NCCCCOCC. The van der Waals surface area contributed by atoms with E-state index in [2.05, 4.69) is 20.9 Å². The topological polar surface area (TPSA) is 74.8 Å². The van der Waals surface area contributed by atoms with Crippen molar-refractivity contribution in [1.82, 2.24) is 10.6 Å². The fraction of sp³-hybridized carbons (Fsp3) is 0.529. The highest BCUT2D eigenvalue weighted by Crippen LogP contribution is 2.04. The minimum atomic E-state index is -0.134. The Morgan fingerprint density at radius 2 is 1.91 bits per heavy atom. The summed E-state index contributed by atoms with van der Waals surface area (Å²) >= 11 is 0. The second kappa shape index (κ2) is 12.5. The van der Waals surface area contributed by atoms with Gasteiger partial charge in [0.2, 0.25) is 5.91 Å². The summed E-state index contributed by atoms with van der Waals surface area (Å²) in [7, 11) is 0. The number of amides is 1. The van der Waals surface area contributed by atoms with Crippen molar-refractivity contribution >= 4 is 17.6 Å². The van der Waals surface area contributed by atoms with Gasteiger partial charge in [0.05, 0.1) is 0 Å². The summed E-state index contributed by atoms with van der Waals surface area (Å²) in [6.07, 6.45) is 2.01. The van der Waals surface area contributed by atoms with Crippen LogP contribution in [0.4, 0.5) is 5.69 Å². The van der Waals surface area contributed by atoms with Crippen LogP contribution in [0.2, 0.25) is 0 Å². The number of para-hydroxylation sites is 1. The van der Waals surface area contributed by atoms with Crippen molar-refractivity contribution < 1.29 is 9.53 Å². The van der Waals surface area contributed by atoms with E-state index in [4.69, 9.17) is 4.74 Å². The number of carbonyl (C=O) groups is 1. The average Bonchev–Trinajstić information content (AvgIpc) is 2.56. The van der Waals surface area contributed by atoms with Gasteiger partial charge >= 0.3 is 0 Å². The summed E-state index contributed by atoms with van der Waals surface area (Å²) in [6.45, 7) is 7.18. The van der Waals surface area contributed by atoms with Crippen LogP contribution in [0.5, 0.6) is 0 Å². The highest BCUT2D eigenvalue weighted by molar-refractivity contribution is 5.94. The van der Waals surface area contributed by atoms with Crippen LogP contribution in [0.25, 0.3) is 0 Å². The fourth-order valence-electron chi connectivity index (χ4n) is 1.89. The van der Waals surface area contributed by atoms with Gasteiger partial charge in [0.1, 0.15) is 6.54 Å². The molecule has 0 saturated heterocycles. The summed E-state index contributed by atoms with van der Waals surface area (Å²) in [6, 6.07) is 9.37. The maximum atomic E-state index is 11.9. The first kappa shape index (κ1) is 19.0. The third kappa shape index (κ3) is 9.52. The van der Waals surface area contributed by atoms with Gasteiger partial charge in [-0.25, -0.2) is 4.99 Å². The second-order valence-electron chi connectivity index (χ2n) is 4.94. The predicted octanol–water partition coefficient (Wildman–Crippen LogP) is 2.00. The molecule has 1 amide bonds. The normalized spacial score (nSPS) is 11.1. The molecule has 1 aromatic rings. The van der Waals surface area contributed by atoms with Crippen molar-refractivity contribution in [1.29, 1.82) is 0 Å². The largest absolute Gasteiger partial charge is 0.382 e. The van der Waals surface area contributed by atoms with E-state index in [9.17, 15) is 4.79 Å². The number of anilines is 1. The molecule has 6 heteroatoms. The van der Waals surface area contributed by atoms with E-state index in [0.717, 1.165) is 44.8 Å². The molecule has 128 valence electrons. The molecule has 1 aromatic carbocycles. The monoisotopic (exact) mass is 320 g/mol. The highest BCUT2D eigenvalue weighted by Gasteiger charge is 2.02. The Balaban J connectivity index is 2.31. The minimum Gasteiger partial charge on any atom is -0.382 e. The Kier molecular flexibility index (Phi) is 10.3. The first-order valence-corrected chi connectivity index (χ1v) is 8.21. The molecule has 0 radical (unpaired) electrons. The number of benzene rings is 1. The zero-order valence-electron chi connectivity index (χ0n) is 14.1. The molecule has 0 unspecified atom stereocenters. The summed E-state index contributed by atoms with van der Waals surface area (Å²) in [5.74, 6) is 0.525. The highest BCUT2D eigenvalue weighted by atomic mass is 16.5. The zero-order chi connectivity index (χ0) is 16.8. The maximum Gasteiger partial charge on any atom is 0.246 e. The number of guanidine groups is 1. The third-order valence-electron chi connectivity index (χ3n) is 2.99. The molecule has 6 nitrogen and oxygen atoms in total. The Morgan fingerprint density at radius 3 is 2.61 bits per heavy atom. The third-order valence-corrected chi connectivity index (χ3v) is 2.99. The van der Waals surface area contributed by atoms with E-state index >= 15 is 0 Å². The van der Waals surface area contributed by atoms with Crippen LogP contribution in [0, 0.1) is 0 Å². The van der Waals surface area contributed by atoms with Gasteiger partial charge in [-0.05, 0) is 38.8 Å². The van der Waals surface area contributed by atoms with Gasteiger partial charge in [-0.2, -0.15) is 0 Å². The van der Waals surface area contributed by atoms with Crippen molar-refractivity contribution in [2.45, 2.75) is 26.7 Å². The summed E-state index contributed by atoms with van der Waals surface area (Å²) in [5.41, 5.74) is 0.779. The quantitative estimate of drug-likeness (QED) is 0.350. The first-order valence-electron chi connectivity index (χ1n) is 8.21. The summed E-state index contributed by atoms with van der Waals surface area (Å²) < 4.78 is 5.30. The lowest BCUT2D eigenvalue weighted by Gasteiger charge is -2.11. The molecular formula is C17H28N4O2. The van der Waals surface area contributed by atoms with Crippen LogP contribution < -0.4 is 16.0 Å². The van der Waals surface area contributed by atoms with Gasteiger partial charge in [-0.3, -0.25) is 4.79 Å². The molecule has 0 aliphatic carbocycles. The minimum absolute atomic E-state index is 0.0865. The molecular weight excluding hydrogens is 292 g/mol. The molecule has 0 aliphatic rings. The van der Waals surface area contributed by atoms with Crippen molar-refractivity contribution in [2.75, 3.05) is 38.2 Å². The molecule has 1 rings (SSSR count). The van der Waals surface area contributed by atoms with Gasteiger partial charge in [0.25, 0.3) is 0 Å². The number of hydrogen-bond donors (Lipinski definition) is 3. The first-order chi connectivity index (χ1) is 11.3. The molecule has 0 spiro atoms. The molecule has 0 atom stereocenters. The van der Waals surface area contributed by atoms with E-state index in [1.807, 2.05) is 44.2 Å². The number of nitrogens with zero attached hydrogens (tertiary/aromatic N) is 1.